The highest BCUT2D eigenvalue weighted by atomic mass is 19.3. The summed E-state index contributed by atoms with van der Waals surface area (Å²) >= 11 is 0. The van der Waals surface area contributed by atoms with Crippen LogP contribution in [0.2, 0.25) is 0 Å². The Morgan fingerprint density at radius 3 is 2.60 bits per heavy atom. The maximum Gasteiger partial charge on any atom is 0.283 e. The molecule has 0 radical (unpaired) electrons. The number of nitriles is 1. The van der Waals surface area contributed by atoms with Crippen LogP contribution in [-0.4, -0.2) is 10.9 Å². The van der Waals surface area contributed by atoms with Gasteiger partial charge < -0.3 is 5.73 Å². The van der Waals surface area contributed by atoms with Crippen molar-refractivity contribution in [3.63, 3.8) is 0 Å². The minimum absolute atomic E-state index is 0.482. The molecule has 0 aliphatic rings. The summed E-state index contributed by atoms with van der Waals surface area (Å²) in [5.41, 5.74) is 2.50. The zero-order valence-corrected chi connectivity index (χ0v) is 7.17. The first-order chi connectivity index (χ1) is 6.97. The van der Waals surface area contributed by atoms with E-state index in [-0.39, 0.29) is 0 Å². The summed E-state index contributed by atoms with van der Waals surface area (Å²) < 4.78 is 37.2. The van der Waals surface area contributed by atoms with E-state index >= 15 is 0 Å². The first-order valence-corrected chi connectivity index (χ1v) is 3.66. The molecule has 1 rings (SSSR count). The van der Waals surface area contributed by atoms with Gasteiger partial charge in [-0.05, 0) is 6.07 Å². The summed E-state index contributed by atoms with van der Waals surface area (Å²) in [5, 5.41) is 8.48. The van der Waals surface area contributed by atoms with Crippen molar-refractivity contribution in [1.29, 1.82) is 5.26 Å². The van der Waals surface area contributed by atoms with E-state index in [9.17, 15) is 18.0 Å². The van der Waals surface area contributed by atoms with Crippen LogP contribution in [0.25, 0.3) is 0 Å². The Hall–Kier alpha value is -2.10. The average Bonchev–Trinajstić information content (AvgIpc) is 2.16. The number of rotatable bonds is 2. The number of alkyl halides is 2. The third kappa shape index (κ3) is 2.04. The number of hydrogen-bond acceptors (Lipinski definition) is 3. The minimum atomic E-state index is -3.15. The molecule has 4 nitrogen and oxygen atoms in total. The first-order valence-electron chi connectivity index (χ1n) is 3.66. The number of amides is 1. The molecule has 0 saturated carbocycles. The lowest BCUT2D eigenvalue weighted by molar-refractivity contribution is 0.0997. The highest BCUT2D eigenvalue weighted by Gasteiger charge is 2.20. The molecule has 1 aromatic rings. The predicted molar refractivity (Wildman–Crippen MR) is 42.4 cm³/mol. The molecule has 1 aromatic heterocycles. The topological polar surface area (TPSA) is 79.8 Å². The number of halogens is 3. The van der Waals surface area contributed by atoms with E-state index in [1.165, 1.54) is 6.07 Å². The lowest BCUT2D eigenvalue weighted by atomic mass is 10.1. The van der Waals surface area contributed by atoms with Crippen molar-refractivity contribution in [3.8, 4) is 6.07 Å². The number of pyridine rings is 1. The highest BCUT2D eigenvalue weighted by Crippen LogP contribution is 2.21. The number of aromatic nitrogens is 1. The van der Waals surface area contributed by atoms with Crippen LogP contribution in [0.1, 0.15) is 28.2 Å². The number of carbonyl (C=O) groups is 1. The summed E-state index contributed by atoms with van der Waals surface area (Å²) in [6.07, 6.45) is -3.15. The highest BCUT2D eigenvalue weighted by molar-refractivity contribution is 5.94. The maximum absolute atomic E-state index is 12.9. The van der Waals surface area contributed by atoms with Crippen molar-refractivity contribution in [2.75, 3.05) is 0 Å². The second-order valence-corrected chi connectivity index (χ2v) is 2.53. The molecule has 2 N–H and O–H groups in total. The van der Waals surface area contributed by atoms with Gasteiger partial charge in [-0.25, -0.2) is 18.2 Å². The van der Waals surface area contributed by atoms with Crippen LogP contribution in [0.4, 0.5) is 13.2 Å². The second-order valence-electron chi connectivity index (χ2n) is 2.53. The van der Waals surface area contributed by atoms with Gasteiger partial charge in [0.15, 0.2) is 11.5 Å². The molecule has 0 aromatic carbocycles. The van der Waals surface area contributed by atoms with Crippen molar-refractivity contribution >= 4 is 5.91 Å². The molecule has 1 heterocycles. The van der Waals surface area contributed by atoms with Gasteiger partial charge in [-0.15, -0.1) is 0 Å². The first kappa shape index (κ1) is 11.0. The van der Waals surface area contributed by atoms with Crippen LogP contribution in [0.15, 0.2) is 6.07 Å². The van der Waals surface area contributed by atoms with Crippen LogP contribution in [0.5, 0.6) is 0 Å². The lowest BCUT2D eigenvalue weighted by Gasteiger charge is -2.04. The zero-order chi connectivity index (χ0) is 11.6. The maximum atomic E-state index is 12.9. The van der Waals surface area contributed by atoms with Crippen molar-refractivity contribution in [2.24, 2.45) is 5.73 Å². The molecule has 0 aliphatic heterocycles. The quantitative estimate of drug-likeness (QED) is 0.802. The van der Waals surface area contributed by atoms with Crippen LogP contribution in [0, 0.1) is 17.1 Å². The van der Waals surface area contributed by atoms with Crippen LogP contribution >= 0.6 is 0 Å². The van der Waals surface area contributed by atoms with Crippen molar-refractivity contribution in [2.45, 2.75) is 6.43 Å². The number of nitrogens with two attached hydrogens (primary N) is 1. The third-order valence-electron chi connectivity index (χ3n) is 1.58. The Labute approximate surface area is 82.1 Å². The molecule has 0 spiro atoms. The summed E-state index contributed by atoms with van der Waals surface area (Å²) in [6, 6.07) is 1.87. The fourth-order valence-corrected chi connectivity index (χ4v) is 0.929. The van der Waals surface area contributed by atoms with Crippen molar-refractivity contribution in [3.05, 3.63) is 28.8 Å². The zero-order valence-electron chi connectivity index (χ0n) is 7.17. The van der Waals surface area contributed by atoms with Gasteiger partial charge in [0, 0.05) is 0 Å². The molecule has 0 bridgehead atoms. The summed E-state index contributed by atoms with van der Waals surface area (Å²) in [5.74, 6) is -2.46. The normalized spacial score (nSPS) is 10.1. The number of primary amides is 1. The molecule has 0 atom stereocenters. The van der Waals surface area contributed by atoms with Crippen LogP contribution < -0.4 is 5.73 Å². The summed E-state index contributed by atoms with van der Waals surface area (Å²) in [4.78, 5) is 13.7. The number of nitrogens with zero attached hydrogens (tertiary/aromatic N) is 2. The van der Waals surface area contributed by atoms with Crippen molar-refractivity contribution in [1.82, 2.24) is 4.98 Å². The Kier molecular flexibility index (Phi) is 2.90. The van der Waals surface area contributed by atoms with Crippen molar-refractivity contribution < 1.29 is 18.0 Å². The van der Waals surface area contributed by atoms with Gasteiger partial charge in [0.25, 0.3) is 12.3 Å². The van der Waals surface area contributed by atoms with Crippen LogP contribution in [0.3, 0.4) is 0 Å². The van der Waals surface area contributed by atoms with E-state index in [2.05, 4.69) is 4.98 Å². The average molecular weight is 215 g/mol. The van der Waals surface area contributed by atoms with E-state index in [0.29, 0.717) is 6.07 Å². The minimum Gasteiger partial charge on any atom is -0.366 e. The van der Waals surface area contributed by atoms with E-state index < -0.39 is 35.1 Å². The second kappa shape index (κ2) is 3.96. The molecule has 7 heteroatoms. The predicted octanol–water partition coefficient (Wildman–Crippen LogP) is 1.13. The molecule has 0 fully saturated rings. The van der Waals surface area contributed by atoms with Gasteiger partial charge in [-0.2, -0.15) is 5.26 Å². The molecule has 0 saturated heterocycles. The molecular weight excluding hydrogens is 211 g/mol. The Bertz CT molecular complexity index is 453. The van der Waals surface area contributed by atoms with E-state index in [1.54, 1.807) is 0 Å². The monoisotopic (exact) mass is 215 g/mol. The van der Waals surface area contributed by atoms with E-state index in [0.717, 1.165) is 0 Å². The largest absolute Gasteiger partial charge is 0.366 e. The van der Waals surface area contributed by atoms with Gasteiger partial charge in [0.2, 0.25) is 0 Å². The summed E-state index contributed by atoms with van der Waals surface area (Å²) in [6.45, 7) is 0. The smallest absolute Gasteiger partial charge is 0.283 e. The number of carbonyl (C=O) groups excluding carboxylic acids is 1. The van der Waals surface area contributed by atoms with Gasteiger partial charge >= 0.3 is 0 Å². The molecule has 1 amide bonds. The van der Waals surface area contributed by atoms with Gasteiger partial charge in [0.1, 0.15) is 11.8 Å². The van der Waals surface area contributed by atoms with Gasteiger partial charge in [0.05, 0.1) is 5.56 Å². The number of hydrogen-bond donors (Lipinski definition) is 1. The third-order valence-corrected chi connectivity index (χ3v) is 1.58. The van der Waals surface area contributed by atoms with Gasteiger partial charge in [-0.3, -0.25) is 4.79 Å². The fraction of sp³-hybridized carbons (Fsp3) is 0.125. The molecule has 78 valence electrons. The Balaban J connectivity index is 3.44. The summed E-state index contributed by atoms with van der Waals surface area (Å²) in [7, 11) is 0. The van der Waals surface area contributed by atoms with E-state index in [4.69, 9.17) is 11.0 Å². The fourth-order valence-electron chi connectivity index (χ4n) is 0.929. The van der Waals surface area contributed by atoms with Crippen LogP contribution in [-0.2, 0) is 0 Å². The standard InChI is InChI=1S/C8H4F3N3O/c9-4-1-3(8(13)15)5(2-12)14-6(4)7(10)11/h1,7H,(H2,13,15). The Morgan fingerprint density at radius 1 is 1.60 bits per heavy atom. The van der Waals surface area contributed by atoms with Gasteiger partial charge in [-0.1, -0.05) is 0 Å². The van der Waals surface area contributed by atoms with E-state index in [1.807, 2.05) is 0 Å². The lowest BCUT2D eigenvalue weighted by Crippen LogP contribution is -2.15. The molecular formula is C8H4F3N3O. The molecule has 0 unspecified atom stereocenters. The Morgan fingerprint density at radius 2 is 2.20 bits per heavy atom. The molecule has 15 heavy (non-hydrogen) atoms. The molecule has 0 aliphatic carbocycles. The SMILES string of the molecule is N#Cc1nc(C(F)F)c(F)cc1C(N)=O.